The van der Waals surface area contributed by atoms with E-state index in [-0.39, 0.29) is 16.2 Å². The van der Waals surface area contributed by atoms with Gasteiger partial charge in [-0.15, -0.1) is 0 Å². The smallest absolute Gasteiger partial charge is 0.254 e. The molecule has 0 radical (unpaired) electrons. The Labute approximate surface area is 133 Å². The van der Waals surface area contributed by atoms with Crippen molar-refractivity contribution in [3.63, 3.8) is 0 Å². The van der Waals surface area contributed by atoms with Crippen LogP contribution in [0.1, 0.15) is 28.7 Å². The number of hydrogen-bond acceptors (Lipinski definition) is 3. The molecule has 0 saturated carbocycles. The average Bonchev–Trinajstić information content (AvgIpc) is 2.43. The molecule has 0 bridgehead atoms. The number of carbonyl (C=O) groups excluding carboxylic acids is 1. The van der Waals surface area contributed by atoms with E-state index in [0.717, 1.165) is 11.4 Å². The van der Waals surface area contributed by atoms with E-state index >= 15 is 0 Å². The highest BCUT2D eigenvalue weighted by molar-refractivity contribution is 6.33. The largest absolute Gasteiger partial charge is 0.333 e. The average molecular weight is 324 g/mol. The van der Waals surface area contributed by atoms with E-state index in [1.165, 1.54) is 12.1 Å². The summed E-state index contributed by atoms with van der Waals surface area (Å²) in [5.41, 5.74) is 2.19. The first kappa shape index (κ1) is 15.7. The van der Waals surface area contributed by atoms with Crippen LogP contribution in [0.15, 0.2) is 30.3 Å². The molecule has 0 aliphatic heterocycles. The lowest BCUT2D eigenvalue weighted by molar-refractivity contribution is 0.0750. The fraction of sp³-hybridized carbons (Fsp3) is 0.267. The van der Waals surface area contributed by atoms with Crippen molar-refractivity contribution in [2.75, 3.05) is 6.54 Å². The second kappa shape index (κ2) is 6.87. The zero-order chi connectivity index (χ0) is 15.4. The summed E-state index contributed by atoms with van der Waals surface area (Å²) < 4.78 is 0. The quantitative estimate of drug-likeness (QED) is 0.805. The summed E-state index contributed by atoms with van der Waals surface area (Å²) in [6.07, 6.45) is 0. The van der Waals surface area contributed by atoms with Crippen molar-refractivity contribution in [2.45, 2.75) is 20.4 Å². The lowest BCUT2D eigenvalue weighted by Gasteiger charge is -2.21. The van der Waals surface area contributed by atoms with E-state index in [1.54, 1.807) is 4.90 Å². The van der Waals surface area contributed by atoms with Gasteiger partial charge in [0.2, 0.25) is 0 Å². The predicted octanol–water partition coefficient (Wildman–Crippen LogP) is 3.75. The molecule has 6 heteroatoms. The van der Waals surface area contributed by atoms with Gasteiger partial charge in [-0.3, -0.25) is 9.78 Å². The van der Waals surface area contributed by atoms with Crippen LogP contribution in [0.4, 0.5) is 0 Å². The Bertz CT molecular complexity index is 641. The minimum absolute atomic E-state index is 0.146. The monoisotopic (exact) mass is 323 g/mol. The van der Waals surface area contributed by atoms with Gasteiger partial charge >= 0.3 is 0 Å². The summed E-state index contributed by atoms with van der Waals surface area (Å²) in [7, 11) is 0. The normalized spacial score (nSPS) is 10.5. The predicted molar refractivity (Wildman–Crippen MR) is 83.6 cm³/mol. The summed E-state index contributed by atoms with van der Waals surface area (Å²) in [4.78, 5) is 22.5. The van der Waals surface area contributed by atoms with Crippen LogP contribution >= 0.6 is 23.2 Å². The number of pyridine rings is 2. The fourth-order valence-electron chi connectivity index (χ4n) is 1.98. The van der Waals surface area contributed by atoms with Crippen LogP contribution < -0.4 is 0 Å². The summed E-state index contributed by atoms with van der Waals surface area (Å²) in [6.45, 7) is 4.84. The van der Waals surface area contributed by atoms with Gasteiger partial charge in [0.25, 0.3) is 5.91 Å². The summed E-state index contributed by atoms with van der Waals surface area (Å²) in [5.74, 6) is -0.146. The minimum Gasteiger partial charge on any atom is -0.333 e. The lowest BCUT2D eigenvalue weighted by atomic mass is 10.2. The molecule has 0 saturated heterocycles. The maximum atomic E-state index is 12.5. The van der Waals surface area contributed by atoms with Crippen molar-refractivity contribution in [3.05, 3.63) is 57.6 Å². The number of aryl methyl sites for hydroxylation is 1. The van der Waals surface area contributed by atoms with Crippen LogP contribution in [0.25, 0.3) is 0 Å². The van der Waals surface area contributed by atoms with Crippen LogP contribution in [0.2, 0.25) is 10.3 Å². The standard InChI is InChI=1S/C15H15Cl2N3O/c1-3-20(9-12-6-4-5-10(2)18-12)15(21)11-7-13(16)19-14(17)8-11/h4-8H,3,9H2,1-2H3. The second-order valence-electron chi connectivity index (χ2n) is 4.59. The number of aromatic nitrogens is 2. The first-order valence-corrected chi connectivity index (χ1v) is 7.30. The highest BCUT2D eigenvalue weighted by Gasteiger charge is 2.16. The lowest BCUT2D eigenvalue weighted by Crippen LogP contribution is -2.30. The highest BCUT2D eigenvalue weighted by atomic mass is 35.5. The third kappa shape index (κ3) is 4.16. The van der Waals surface area contributed by atoms with Crippen molar-refractivity contribution < 1.29 is 4.79 Å². The Kier molecular flexibility index (Phi) is 5.15. The molecule has 110 valence electrons. The Hall–Kier alpha value is -1.65. The topological polar surface area (TPSA) is 46.1 Å². The van der Waals surface area contributed by atoms with Gasteiger partial charge in [0.1, 0.15) is 10.3 Å². The van der Waals surface area contributed by atoms with Crippen LogP contribution in [-0.2, 0) is 6.54 Å². The molecule has 2 aromatic rings. The molecule has 0 aromatic carbocycles. The number of nitrogens with zero attached hydrogens (tertiary/aromatic N) is 3. The first-order valence-electron chi connectivity index (χ1n) is 6.54. The molecule has 0 aliphatic carbocycles. The van der Waals surface area contributed by atoms with Crippen LogP contribution in [0.3, 0.4) is 0 Å². The number of halogens is 2. The van der Waals surface area contributed by atoms with Gasteiger partial charge in [-0.2, -0.15) is 0 Å². The maximum absolute atomic E-state index is 12.5. The summed E-state index contributed by atoms with van der Waals surface area (Å²) >= 11 is 11.7. The van der Waals surface area contributed by atoms with Crippen molar-refractivity contribution >= 4 is 29.1 Å². The van der Waals surface area contributed by atoms with Gasteiger partial charge in [0.05, 0.1) is 12.2 Å². The van der Waals surface area contributed by atoms with Gasteiger partial charge in [0.15, 0.2) is 0 Å². The van der Waals surface area contributed by atoms with Crippen molar-refractivity contribution in [3.8, 4) is 0 Å². The molecule has 21 heavy (non-hydrogen) atoms. The van der Waals surface area contributed by atoms with E-state index in [2.05, 4.69) is 9.97 Å². The summed E-state index contributed by atoms with van der Waals surface area (Å²) in [5, 5.41) is 0.408. The van der Waals surface area contributed by atoms with Crippen LogP contribution in [0, 0.1) is 6.92 Å². The van der Waals surface area contributed by atoms with Gasteiger partial charge in [0, 0.05) is 17.8 Å². The minimum atomic E-state index is -0.146. The number of rotatable bonds is 4. The molecule has 0 unspecified atom stereocenters. The molecule has 0 aliphatic rings. The zero-order valence-corrected chi connectivity index (χ0v) is 13.3. The van der Waals surface area contributed by atoms with Crippen LogP contribution in [0.5, 0.6) is 0 Å². The molecule has 0 N–H and O–H groups in total. The molecule has 4 nitrogen and oxygen atoms in total. The molecule has 2 rings (SSSR count). The summed E-state index contributed by atoms with van der Waals surface area (Å²) in [6, 6.07) is 8.78. The number of amides is 1. The molecular formula is C15H15Cl2N3O. The molecule has 1 amide bonds. The molecule has 0 fully saturated rings. The third-order valence-electron chi connectivity index (χ3n) is 2.98. The SMILES string of the molecule is CCN(Cc1cccc(C)n1)C(=O)c1cc(Cl)nc(Cl)c1. The molecule has 0 atom stereocenters. The molecule has 2 heterocycles. The van der Waals surface area contributed by atoms with Crippen LogP contribution in [-0.4, -0.2) is 27.3 Å². The molecule has 0 spiro atoms. The Balaban J connectivity index is 2.22. The Morgan fingerprint density at radius 3 is 2.43 bits per heavy atom. The Morgan fingerprint density at radius 2 is 1.86 bits per heavy atom. The second-order valence-corrected chi connectivity index (χ2v) is 5.37. The van der Waals surface area contributed by atoms with E-state index in [0.29, 0.717) is 18.7 Å². The van der Waals surface area contributed by atoms with E-state index < -0.39 is 0 Å². The van der Waals surface area contributed by atoms with Crippen molar-refractivity contribution in [1.82, 2.24) is 14.9 Å². The first-order chi connectivity index (χ1) is 9.99. The van der Waals surface area contributed by atoms with Gasteiger partial charge in [-0.05, 0) is 38.1 Å². The van der Waals surface area contributed by atoms with E-state index in [1.807, 2.05) is 32.0 Å². The maximum Gasteiger partial charge on any atom is 0.254 e. The molecular weight excluding hydrogens is 309 g/mol. The molecule has 2 aromatic heterocycles. The number of hydrogen-bond donors (Lipinski definition) is 0. The van der Waals surface area contributed by atoms with Crippen molar-refractivity contribution in [2.24, 2.45) is 0 Å². The van der Waals surface area contributed by atoms with Gasteiger partial charge in [-0.25, -0.2) is 4.98 Å². The number of carbonyl (C=O) groups is 1. The zero-order valence-electron chi connectivity index (χ0n) is 11.8. The van der Waals surface area contributed by atoms with E-state index in [9.17, 15) is 4.79 Å². The highest BCUT2D eigenvalue weighted by Crippen LogP contribution is 2.17. The third-order valence-corrected chi connectivity index (χ3v) is 3.36. The fourth-order valence-corrected chi connectivity index (χ4v) is 2.44. The van der Waals surface area contributed by atoms with Gasteiger partial charge < -0.3 is 4.90 Å². The Morgan fingerprint density at radius 1 is 1.19 bits per heavy atom. The van der Waals surface area contributed by atoms with Gasteiger partial charge in [-0.1, -0.05) is 29.3 Å². The van der Waals surface area contributed by atoms with E-state index in [4.69, 9.17) is 23.2 Å². The van der Waals surface area contributed by atoms with Crippen molar-refractivity contribution in [1.29, 1.82) is 0 Å².